The molecule has 2 amide bonds. The predicted octanol–water partition coefficient (Wildman–Crippen LogP) is 2.96. The molecule has 6 nitrogen and oxygen atoms in total. The van der Waals surface area contributed by atoms with Crippen LogP contribution in [0.25, 0.3) is 0 Å². The Bertz CT molecular complexity index is 804. The molecule has 2 N–H and O–H groups in total. The third-order valence-corrected chi connectivity index (χ3v) is 3.83. The molecule has 2 aromatic carbocycles. The summed E-state index contributed by atoms with van der Waals surface area (Å²) in [6.07, 6.45) is 1.54. The number of benzene rings is 2. The molecule has 0 saturated carbocycles. The molecule has 0 atom stereocenters. The number of nitrogens with one attached hydrogen (secondary N) is 2. The zero-order chi connectivity index (χ0) is 19.1. The first kappa shape index (κ1) is 19.2. The van der Waals surface area contributed by atoms with Crippen LogP contribution >= 0.6 is 0 Å². The van der Waals surface area contributed by atoms with E-state index >= 15 is 0 Å². The van der Waals surface area contributed by atoms with Crippen LogP contribution in [0.2, 0.25) is 0 Å². The molecule has 0 aromatic heterocycles. The van der Waals surface area contributed by atoms with Crippen LogP contribution in [0.4, 0.5) is 5.69 Å². The van der Waals surface area contributed by atoms with Crippen LogP contribution in [-0.2, 0) is 9.63 Å². The lowest BCUT2D eigenvalue weighted by Gasteiger charge is -2.13. The second-order valence-electron chi connectivity index (χ2n) is 6.04. The smallest absolute Gasteiger partial charge is 0.251 e. The number of carbonyl (C=O) groups is 2. The zero-order valence-corrected chi connectivity index (χ0v) is 15.4. The molecule has 0 unspecified atom stereocenters. The molecule has 0 saturated heterocycles. The first-order valence-electron chi connectivity index (χ1n) is 8.23. The fraction of sp³-hybridized carbons (Fsp3) is 0.250. The second kappa shape index (κ2) is 8.80. The fourth-order valence-electron chi connectivity index (χ4n) is 2.66. The molecule has 2 rings (SSSR count). The Hall–Kier alpha value is -3.15. The Kier molecular flexibility index (Phi) is 6.49. The van der Waals surface area contributed by atoms with E-state index in [4.69, 9.17) is 0 Å². The van der Waals surface area contributed by atoms with Crippen LogP contribution in [0.5, 0.6) is 0 Å². The summed E-state index contributed by atoms with van der Waals surface area (Å²) in [5.74, 6) is -0.579. The van der Waals surface area contributed by atoms with Gasteiger partial charge in [-0.05, 0) is 49.6 Å². The molecule has 136 valence electrons. The monoisotopic (exact) mass is 353 g/mol. The highest BCUT2D eigenvalue weighted by molar-refractivity contribution is 6.00. The third kappa shape index (κ3) is 5.17. The molecule has 0 bridgehead atoms. The lowest BCUT2D eigenvalue weighted by molar-refractivity contribution is -0.115. The van der Waals surface area contributed by atoms with Crippen LogP contribution in [0.1, 0.15) is 32.6 Å². The van der Waals surface area contributed by atoms with Gasteiger partial charge in [0.2, 0.25) is 5.91 Å². The summed E-state index contributed by atoms with van der Waals surface area (Å²) >= 11 is 0. The van der Waals surface area contributed by atoms with Gasteiger partial charge in [0.25, 0.3) is 5.91 Å². The van der Waals surface area contributed by atoms with Gasteiger partial charge in [0.15, 0.2) is 0 Å². The summed E-state index contributed by atoms with van der Waals surface area (Å²) in [4.78, 5) is 28.9. The maximum absolute atomic E-state index is 12.2. The minimum absolute atomic E-state index is 0.0987. The highest BCUT2D eigenvalue weighted by atomic mass is 16.6. The van der Waals surface area contributed by atoms with Crippen molar-refractivity contribution in [2.45, 2.75) is 20.8 Å². The number of aryl methyl sites for hydroxylation is 3. The molecule has 0 radical (unpaired) electrons. The summed E-state index contributed by atoms with van der Waals surface area (Å²) in [7, 11) is 1.46. The van der Waals surface area contributed by atoms with Crippen molar-refractivity contribution in [3.63, 3.8) is 0 Å². The molecule has 0 aliphatic rings. The van der Waals surface area contributed by atoms with E-state index in [0.29, 0.717) is 5.56 Å². The number of rotatable bonds is 6. The van der Waals surface area contributed by atoms with E-state index in [1.165, 1.54) is 7.11 Å². The Balaban J connectivity index is 1.93. The van der Waals surface area contributed by atoms with Crippen molar-refractivity contribution < 1.29 is 14.4 Å². The molecule has 0 aliphatic heterocycles. The number of amides is 2. The van der Waals surface area contributed by atoms with Crippen LogP contribution < -0.4 is 10.6 Å². The van der Waals surface area contributed by atoms with Crippen LogP contribution in [0.3, 0.4) is 0 Å². The van der Waals surface area contributed by atoms with Crippen molar-refractivity contribution >= 4 is 23.7 Å². The maximum atomic E-state index is 12.2. The van der Waals surface area contributed by atoms with Crippen molar-refractivity contribution in [3.8, 4) is 0 Å². The Morgan fingerprint density at radius 1 is 1.08 bits per heavy atom. The largest absolute Gasteiger partial charge is 0.399 e. The van der Waals surface area contributed by atoms with Gasteiger partial charge in [-0.25, -0.2) is 0 Å². The van der Waals surface area contributed by atoms with E-state index in [1.807, 2.05) is 32.9 Å². The predicted molar refractivity (Wildman–Crippen MR) is 103 cm³/mol. The highest BCUT2D eigenvalue weighted by Gasteiger charge is 2.11. The van der Waals surface area contributed by atoms with Gasteiger partial charge in [0, 0.05) is 11.3 Å². The molecule has 0 spiro atoms. The van der Waals surface area contributed by atoms with E-state index in [1.54, 1.807) is 30.5 Å². The summed E-state index contributed by atoms with van der Waals surface area (Å²) in [5, 5.41) is 9.14. The normalized spacial score (nSPS) is 10.6. The average molecular weight is 353 g/mol. The molecule has 0 heterocycles. The minimum atomic E-state index is -0.312. The molecular weight excluding hydrogens is 330 g/mol. The number of oxime groups is 1. The Morgan fingerprint density at radius 3 is 2.27 bits per heavy atom. The quantitative estimate of drug-likeness (QED) is 0.619. The highest BCUT2D eigenvalue weighted by Crippen LogP contribution is 2.21. The number of hydrogen-bond acceptors (Lipinski definition) is 4. The van der Waals surface area contributed by atoms with E-state index in [-0.39, 0.29) is 18.4 Å². The molecular formula is C20H23N3O3. The SMILES string of the molecule is CON=Cc1ccc(C(=O)NCC(=O)Nc2c(C)cc(C)cc2C)cc1. The lowest BCUT2D eigenvalue weighted by atomic mass is 10.1. The maximum Gasteiger partial charge on any atom is 0.251 e. The summed E-state index contributed by atoms with van der Waals surface area (Å²) in [6.45, 7) is 5.81. The number of nitrogens with zero attached hydrogens (tertiary/aromatic N) is 1. The van der Waals surface area contributed by atoms with Crippen LogP contribution in [-0.4, -0.2) is 31.7 Å². The summed E-state index contributed by atoms with van der Waals surface area (Å²) in [6, 6.07) is 10.8. The standard InChI is InChI=1S/C20H23N3O3/c1-13-9-14(2)19(15(3)10-13)23-18(24)12-21-20(25)17-7-5-16(6-8-17)11-22-26-4/h5-11H,12H2,1-4H3,(H,21,25)(H,23,24). The van der Waals surface area contributed by atoms with Gasteiger partial charge in [-0.15, -0.1) is 0 Å². The van der Waals surface area contributed by atoms with Gasteiger partial charge in [-0.3, -0.25) is 9.59 Å². The van der Waals surface area contributed by atoms with Gasteiger partial charge in [-0.2, -0.15) is 0 Å². The lowest BCUT2D eigenvalue weighted by Crippen LogP contribution is -2.33. The third-order valence-electron chi connectivity index (χ3n) is 3.83. The van der Waals surface area contributed by atoms with Crippen molar-refractivity contribution in [2.24, 2.45) is 5.16 Å². The average Bonchev–Trinajstić information content (AvgIpc) is 2.61. The van der Waals surface area contributed by atoms with Gasteiger partial charge in [0.1, 0.15) is 7.11 Å². The van der Waals surface area contributed by atoms with E-state index in [9.17, 15) is 9.59 Å². The zero-order valence-electron chi connectivity index (χ0n) is 15.4. The molecule has 6 heteroatoms. The van der Waals surface area contributed by atoms with Crippen molar-refractivity contribution in [3.05, 3.63) is 64.2 Å². The summed E-state index contributed by atoms with van der Waals surface area (Å²) < 4.78 is 0. The number of anilines is 1. The molecule has 26 heavy (non-hydrogen) atoms. The fourth-order valence-corrected chi connectivity index (χ4v) is 2.66. The van der Waals surface area contributed by atoms with Crippen molar-refractivity contribution in [1.29, 1.82) is 0 Å². The Morgan fingerprint density at radius 2 is 1.69 bits per heavy atom. The van der Waals surface area contributed by atoms with Crippen LogP contribution in [0, 0.1) is 20.8 Å². The topological polar surface area (TPSA) is 79.8 Å². The van der Waals surface area contributed by atoms with Crippen LogP contribution in [0.15, 0.2) is 41.6 Å². The van der Waals surface area contributed by atoms with Gasteiger partial charge in [-0.1, -0.05) is 35.0 Å². The van der Waals surface area contributed by atoms with E-state index in [2.05, 4.69) is 20.6 Å². The van der Waals surface area contributed by atoms with E-state index in [0.717, 1.165) is 27.9 Å². The van der Waals surface area contributed by atoms with Crippen molar-refractivity contribution in [2.75, 3.05) is 19.0 Å². The summed E-state index contributed by atoms with van der Waals surface area (Å²) in [5.41, 5.74) is 5.20. The van der Waals surface area contributed by atoms with Crippen molar-refractivity contribution in [1.82, 2.24) is 5.32 Å². The minimum Gasteiger partial charge on any atom is -0.399 e. The number of hydrogen-bond donors (Lipinski definition) is 2. The molecule has 2 aromatic rings. The van der Waals surface area contributed by atoms with E-state index < -0.39 is 0 Å². The molecule has 0 aliphatic carbocycles. The van der Waals surface area contributed by atoms with Gasteiger partial charge in [0.05, 0.1) is 12.8 Å². The first-order valence-corrected chi connectivity index (χ1v) is 8.23. The molecule has 0 fully saturated rings. The van der Waals surface area contributed by atoms with Gasteiger partial charge < -0.3 is 15.5 Å². The second-order valence-corrected chi connectivity index (χ2v) is 6.04. The van der Waals surface area contributed by atoms with Gasteiger partial charge >= 0.3 is 0 Å². The Labute approximate surface area is 153 Å². The first-order chi connectivity index (χ1) is 12.4. The number of carbonyl (C=O) groups excluding carboxylic acids is 2.